The maximum absolute atomic E-state index is 14.2. The summed E-state index contributed by atoms with van der Waals surface area (Å²) in [6.07, 6.45) is 8.79. The number of nitrogens with zero attached hydrogens (tertiary/aromatic N) is 1. The van der Waals surface area contributed by atoms with E-state index in [2.05, 4.69) is 31.1 Å². The van der Waals surface area contributed by atoms with Gasteiger partial charge in [0.2, 0.25) is 5.91 Å². The van der Waals surface area contributed by atoms with Crippen molar-refractivity contribution < 1.29 is 22.5 Å². The van der Waals surface area contributed by atoms with Crippen molar-refractivity contribution in [2.75, 3.05) is 5.75 Å². The van der Waals surface area contributed by atoms with Crippen LogP contribution in [0.3, 0.4) is 0 Å². The standard InChI is InChI=1S/C34H41BN2O5S/c1-33(2)26-18-29(33)34(3)30(19-26)41-35(42-34)31(17-23-12-13-23)37-32(38)25(16-22-8-5-4-6-9-22)21-43(39,40)28-11-7-10-24-20-36-15-14-27(24)28/h4-11,14-15,20,23,25-26,29-31H,12-13,16-19,21H2,1-3H3,(H,37,38)/t25-,26+,29+,30-,31+,34+/m1/s1. The lowest BCUT2D eigenvalue weighted by Gasteiger charge is -2.64. The van der Waals surface area contributed by atoms with E-state index in [1.165, 1.54) is 0 Å². The number of benzene rings is 2. The highest BCUT2D eigenvalue weighted by Crippen LogP contribution is 2.65. The highest BCUT2D eigenvalue weighted by atomic mass is 32.2. The predicted molar refractivity (Wildman–Crippen MR) is 167 cm³/mol. The molecule has 1 aromatic heterocycles. The van der Waals surface area contributed by atoms with Crippen molar-refractivity contribution in [2.45, 2.75) is 81.8 Å². The lowest BCUT2D eigenvalue weighted by atomic mass is 9.43. The normalized spacial score (nSPS) is 29.0. The number of hydrogen-bond donors (Lipinski definition) is 1. The average molecular weight is 601 g/mol. The van der Waals surface area contributed by atoms with Gasteiger partial charge in [-0.1, -0.05) is 69.2 Å². The van der Waals surface area contributed by atoms with Crippen molar-refractivity contribution in [1.29, 1.82) is 0 Å². The Morgan fingerprint density at radius 3 is 2.60 bits per heavy atom. The zero-order valence-electron chi connectivity index (χ0n) is 25.2. The highest BCUT2D eigenvalue weighted by Gasteiger charge is 2.68. The van der Waals surface area contributed by atoms with Gasteiger partial charge in [-0.2, -0.15) is 0 Å². The van der Waals surface area contributed by atoms with Gasteiger partial charge in [0.1, 0.15) is 0 Å². The highest BCUT2D eigenvalue weighted by molar-refractivity contribution is 7.91. The fourth-order valence-electron chi connectivity index (χ4n) is 8.17. The SMILES string of the molecule is CC1(C)[C@@H]2C[C@H]3OB([C@H](CC4CC4)NC(=O)[C@H](Cc4ccccc4)CS(=O)(=O)c4cccc5cnccc45)O[C@@]3(C)[C@H]1C2. The van der Waals surface area contributed by atoms with Crippen LogP contribution in [-0.4, -0.2) is 49.8 Å². The topological polar surface area (TPSA) is 94.6 Å². The summed E-state index contributed by atoms with van der Waals surface area (Å²) in [6.45, 7) is 6.88. The Hall–Kier alpha value is -2.75. The lowest BCUT2D eigenvalue weighted by Crippen LogP contribution is -2.65. The van der Waals surface area contributed by atoms with Crippen LogP contribution >= 0.6 is 0 Å². The first kappa shape index (κ1) is 29.0. The maximum Gasteiger partial charge on any atom is 0.481 e. The molecule has 1 N–H and O–H groups in total. The number of pyridine rings is 1. The Kier molecular flexibility index (Phi) is 7.22. The zero-order chi connectivity index (χ0) is 30.0. The van der Waals surface area contributed by atoms with Gasteiger partial charge in [-0.25, -0.2) is 8.42 Å². The molecule has 5 aliphatic rings. The molecule has 7 nitrogen and oxygen atoms in total. The molecule has 9 heteroatoms. The molecule has 2 aromatic carbocycles. The molecule has 6 atom stereocenters. The summed E-state index contributed by atoms with van der Waals surface area (Å²) in [5.41, 5.74) is 0.782. The minimum Gasteiger partial charge on any atom is -0.404 e. The van der Waals surface area contributed by atoms with Crippen LogP contribution in [-0.2, 0) is 30.4 Å². The molecule has 2 bridgehead atoms. The van der Waals surface area contributed by atoms with Crippen molar-refractivity contribution in [3.05, 3.63) is 72.6 Å². The minimum absolute atomic E-state index is 0.0224. The van der Waals surface area contributed by atoms with E-state index < -0.39 is 22.9 Å². The number of aromatic nitrogens is 1. The van der Waals surface area contributed by atoms with Gasteiger partial charge in [0, 0.05) is 23.2 Å². The molecule has 1 aliphatic heterocycles. The Balaban J connectivity index is 1.15. The summed E-state index contributed by atoms with van der Waals surface area (Å²) in [5.74, 6) is -0.0756. The van der Waals surface area contributed by atoms with Gasteiger partial charge in [-0.15, -0.1) is 0 Å². The van der Waals surface area contributed by atoms with E-state index in [4.69, 9.17) is 9.31 Å². The Bertz CT molecular complexity index is 1620. The Morgan fingerprint density at radius 2 is 1.86 bits per heavy atom. The fourth-order valence-corrected chi connectivity index (χ4v) is 9.95. The molecule has 1 amide bonds. The first-order valence-electron chi connectivity index (χ1n) is 15.8. The molecule has 0 radical (unpaired) electrons. The molecule has 1 saturated heterocycles. The number of carbonyl (C=O) groups excluding carboxylic acids is 1. The van der Waals surface area contributed by atoms with E-state index in [-0.39, 0.29) is 39.6 Å². The van der Waals surface area contributed by atoms with Gasteiger partial charge in [-0.05, 0) is 73.5 Å². The smallest absolute Gasteiger partial charge is 0.404 e. The fraction of sp³-hybridized carbons (Fsp3) is 0.529. The predicted octanol–water partition coefficient (Wildman–Crippen LogP) is 5.42. The first-order chi connectivity index (χ1) is 20.5. The summed E-state index contributed by atoms with van der Waals surface area (Å²) in [5, 5.41) is 4.65. The number of nitrogens with one attached hydrogen (secondary N) is 1. The van der Waals surface area contributed by atoms with Crippen LogP contribution in [0, 0.1) is 29.1 Å². The zero-order valence-corrected chi connectivity index (χ0v) is 26.1. The van der Waals surface area contributed by atoms with Crippen LogP contribution in [0.5, 0.6) is 0 Å². The van der Waals surface area contributed by atoms with Crippen molar-refractivity contribution in [3.63, 3.8) is 0 Å². The van der Waals surface area contributed by atoms with Gasteiger partial charge in [-0.3, -0.25) is 9.78 Å². The van der Waals surface area contributed by atoms with Gasteiger partial charge in [0.15, 0.2) is 9.84 Å². The summed E-state index contributed by atoms with van der Waals surface area (Å²) in [6, 6.07) is 16.6. The van der Waals surface area contributed by atoms with Crippen LogP contribution in [0.15, 0.2) is 71.9 Å². The Labute approximate surface area is 255 Å². The van der Waals surface area contributed by atoms with Crippen LogP contribution in [0.2, 0.25) is 0 Å². The number of hydrogen-bond acceptors (Lipinski definition) is 6. The van der Waals surface area contributed by atoms with E-state index in [9.17, 15) is 13.2 Å². The number of sulfone groups is 1. The number of rotatable bonds is 10. The van der Waals surface area contributed by atoms with E-state index in [1.807, 2.05) is 36.4 Å². The molecule has 8 rings (SSSR count). The maximum atomic E-state index is 14.2. The van der Waals surface area contributed by atoms with E-state index >= 15 is 0 Å². The molecular formula is C34H41BN2O5S. The number of amides is 1. The second-order valence-corrected chi connectivity index (χ2v) is 16.2. The molecule has 4 saturated carbocycles. The van der Waals surface area contributed by atoms with Gasteiger partial charge in [0.25, 0.3) is 0 Å². The van der Waals surface area contributed by atoms with Crippen LogP contribution < -0.4 is 5.32 Å². The molecule has 3 aromatic rings. The third kappa shape index (κ3) is 5.31. The van der Waals surface area contributed by atoms with Gasteiger partial charge >= 0.3 is 7.12 Å². The second kappa shape index (κ2) is 10.7. The third-order valence-electron chi connectivity index (χ3n) is 11.0. The summed E-state index contributed by atoms with van der Waals surface area (Å²) >= 11 is 0. The largest absolute Gasteiger partial charge is 0.481 e. The molecule has 226 valence electrons. The van der Waals surface area contributed by atoms with Crippen molar-refractivity contribution in [2.24, 2.45) is 29.1 Å². The van der Waals surface area contributed by atoms with Crippen molar-refractivity contribution in [1.82, 2.24) is 10.3 Å². The third-order valence-corrected chi connectivity index (χ3v) is 12.9. The quantitative estimate of drug-likeness (QED) is 0.313. The monoisotopic (exact) mass is 600 g/mol. The van der Waals surface area contributed by atoms with E-state index in [1.54, 1.807) is 30.6 Å². The van der Waals surface area contributed by atoms with E-state index in [0.717, 1.165) is 43.1 Å². The van der Waals surface area contributed by atoms with Gasteiger partial charge in [0.05, 0.1) is 34.2 Å². The molecule has 43 heavy (non-hydrogen) atoms. The van der Waals surface area contributed by atoms with Gasteiger partial charge < -0.3 is 14.6 Å². The van der Waals surface area contributed by atoms with E-state index in [0.29, 0.717) is 29.6 Å². The number of carbonyl (C=O) groups is 1. The summed E-state index contributed by atoms with van der Waals surface area (Å²) in [4.78, 5) is 18.5. The number of fused-ring (bicyclic) bond motifs is 1. The lowest BCUT2D eigenvalue weighted by molar-refractivity contribution is -0.199. The van der Waals surface area contributed by atoms with Crippen LogP contribution in [0.25, 0.3) is 10.8 Å². The molecule has 2 heterocycles. The molecule has 0 unspecified atom stereocenters. The van der Waals surface area contributed by atoms with Crippen molar-refractivity contribution >= 4 is 33.6 Å². The molecule has 4 aliphatic carbocycles. The second-order valence-electron chi connectivity index (χ2n) is 14.2. The average Bonchev–Trinajstić information content (AvgIpc) is 3.73. The van der Waals surface area contributed by atoms with Crippen molar-refractivity contribution in [3.8, 4) is 0 Å². The Morgan fingerprint density at radius 1 is 1.07 bits per heavy atom. The summed E-state index contributed by atoms with van der Waals surface area (Å²) < 4.78 is 41.3. The van der Waals surface area contributed by atoms with Crippen LogP contribution in [0.4, 0.5) is 0 Å². The minimum atomic E-state index is -3.81. The molecule has 5 fully saturated rings. The van der Waals surface area contributed by atoms with Crippen LogP contribution in [0.1, 0.15) is 58.4 Å². The molecular weight excluding hydrogens is 559 g/mol. The summed E-state index contributed by atoms with van der Waals surface area (Å²) in [7, 11) is -4.34. The molecule has 0 spiro atoms. The first-order valence-corrected chi connectivity index (χ1v) is 17.4.